The fourth-order valence-electron chi connectivity index (χ4n) is 1.13. The molecule has 0 aliphatic carbocycles. The number of carbonyl (C=O) groups excluding carboxylic acids is 2. The van der Waals surface area contributed by atoms with E-state index >= 15 is 0 Å². The second kappa shape index (κ2) is 5.73. The average molecular weight is 186 g/mol. The van der Waals surface area contributed by atoms with Crippen molar-refractivity contribution in [3.05, 3.63) is 0 Å². The summed E-state index contributed by atoms with van der Waals surface area (Å²) < 4.78 is 4.55. The van der Waals surface area contributed by atoms with Gasteiger partial charge in [-0.1, -0.05) is 13.8 Å². The van der Waals surface area contributed by atoms with Crippen LogP contribution in [0.25, 0.3) is 0 Å². The molecule has 0 aromatic rings. The average Bonchev–Trinajstić information content (AvgIpc) is 2.03. The lowest BCUT2D eigenvalue weighted by Gasteiger charge is -2.12. The van der Waals surface area contributed by atoms with Gasteiger partial charge in [-0.15, -0.1) is 0 Å². The molecule has 1 unspecified atom stereocenters. The summed E-state index contributed by atoms with van der Waals surface area (Å²) in [7, 11) is 1.31. The zero-order valence-corrected chi connectivity index (χ0v) is 8.79. The number of esters is 1. The summed E-state index contributed by atoms with van der Waals surface area (Å²) in [5.41, 5.74) is 0. The maximum absolute atomic E-state index is 11.1. The number of methoxy groups -OCH3 is 1. The topological polar surface area (TPSA) is 43.4 Å². The second-order valence-corrected chi connectivity index (χ2v) is 3.66. The van der Waals surface area contributed by atoms with Crippen molar-refractivity contribution < 1.29 is 14.3 Å². The maximum Gasteiger partial charge on any atom is 0.316 e. The molecule has 13 heavy (non-hydrogen) atoms. The molecule has 0 aromatic heterocycles. The lowest BCUT2D eigenvalue weighted by molar-refractivity contribution is -0.149. The van der Waals surface area contributed by atoms with Crippen LogP contribution in [0.2, 0.25) is 0 Å². The third kappa shape index (κ3) is 4.65. The van der Waals surface area contributed by atoms with Gasteiger partial charge in [0.2, 0.25) is 0 Å². The molecule has 3 nitrogen and oxygen atoms in total. The third-order valence-corrected chi connectivity index (χ3v) is 2.01. The number of ether oxygens (including phenoxy) is 1. The van der Waals surface area contributed by atoms with Crippen LogP contribution in [0.4, 0.5) is 0 Å². The molecule has 0 spiro atoms. The molecular formula is C10H18O3. The number of rotatable bonds is 5. The van der Waals surface area contributed by atoms with E-state index in [9.17, 15) is 9.59 Å². The highest BCUT2D eigenvalue weighted by Gasteiger charge is 2.23. The minimum Gasteiger partial charge on any atom is -0.468 e. The van der Waals surface area contributed by atoms with Gasteiger partial charge in [0.1, 0.15) is 11.7 Å². The Morgan fingerprint density at radius 3 is 2.08 bits per heavy atom. The minimum absolute atomic E-state index is 0.104. The Bertz CT molecular complexity index is 185. The highest BCUT2D eigenvalue weighted by Crippen LogP contribution is 2.14. The summed E-state index contributed by atoms with van der Waals surface area (Å²) >= 11 is 0. The first-order chi connectivity index (χ1) is 5.99. The molecule has 1 atom stereocenters. The van der Waals surface area contributed by atoms with Crippen molar-refractivity contribution in [2.75, 3.05) is 7.11 Å². The molecule has 0 rings (SSSR count). The third-order valence-electron chi connectivity index (χ3n) is 2.01. The Labute approximate surface area is 79.5 Å². The second-order valence-electron chi connectivity index (χ2n) is 3.66. The van der Waals surface area contributed by atoms with Crippen molar-refractivity contribution in [1.82, 2.24) is 0 Å². The summed E-state index contributed by atoms with van der Waals surface area (Å²) in [5.74, 6) is -0.570. The van der Waals surface area contributed by atoms with Gasteiger partial charge in [0.25, 0.3) is 0 Å². The predicted molar refractivity (Wildman–Crippen MR) is 50.3 cm³/mol. The van der Waals surface area contributed by atoms with Crippen molar-refractivity contribution in [2.24, 2.45) is 11.8 Å². The Kier molecular flexibility index (Phi) is 5.35. The zero-order chi connectivity index (χ0) is 10.4. The van der Waals surface area contributed by atoms with Crippen LogP contribution in [0.1, 0.15) is 33.6 Å². The van der Waals surface area contributed by atoms with E-state index in [2.05, 4.69) is 18.6 Å². The molecule has 0 aliphatic rings. The fraction of sp³-hybridized carbons (Fsp3) is 0.800. The smallest absolute Gasteiger partial charge is 0.316 e. The first-order valence-corrected chi connectivity index (χ1v) is 4.57. The van der Waals surface area contributed by atoms with Crippen LogP contribution >= 0.6 is 0 Å². The summed E-state index contributed by atoms with van der Waals surface area (Å²) in [6, 6.07) is 0. The van der Waals surface area contributed by atoms with Crippen molar-refractivity contribution in [3.63, 3.8) is 0 Å². The molecule has 76 valence electrons. The Morgan fingerprint density at radius 1 is 1.23 bits per heavy atom. The monoisotopic (exact) mass is 186 g/mol. The molecule has 0 bridgehead atoms. The molecular weight excluding hydrogens is 168 g/mol. The van der Waals surface area contributed by atoms with Gasteiger partial charge in [-0.2, -0.15) is 0 Å². The van der Waals surface area contributed by atoms with Gasteiger partial charge in [-0.25, -0.2) is 0 Å². The van der Waals surface area contributed by atoms with E-state index in [-0.39, 0.29) is 5.78 Å². The van der Waals surface area contributed by atoms with E-state index in [1.54, 1.807) is 0 Å². The zero-order valence-electron chi connectivity index (χ0n) is 8.79. The van der Waals surface area contributed by atoms with E-state index < -0.39 is 11.9 Å². The van der Waals surface area contributed by atoms with Crippen LogP contribution in [0.15, 0.2) is 0 Å². The van der Waals surface area contributed by atoms with Gasteiger partial charge in [-0.05, 0) is 25.7 Å². The van der Waals surface area contributed by atoms with Gasteiger partial charge in [0.05, 0.1) is 7.11 Å². The van der Waals surface area contributed by atoms with Crippen LogP contribution in [-0.4, -0.2) is 18.9 Å². The summed E-state index contributed by atoms with van der Waals surface area (Å²) in [6.45, 7) is 5.56. The fourth-order valence-corrected chi connectivity index (χ4v) is 1.13. The molecule has 0 heterocycles. The summed E-state index contributed by atoms with van der Waals surface area (Å²) in [5, 5.41) is 0. The standard InChI is InChI=1S/C10H18O3/c1-7(2)5-6-9(8(3)11)10(12)13-4/h7,9H,5-6H2,1-4H3. The molecule has 3 heteroatoms. The quantitative estimate of drug-likeness (QED) is 0.485. The predicted octanol–water partition coefficient (Wildman–Crippen LogP) is 1.80. The Hall–Kier alpha value is -0.860. The largest absolute Gasteiger partial charge is 0.468 e. The van der Waals surface area contributed by atoms with Gasteiger partial charge in [-0.3, -0.25) is 9.59 Å². The van der Waals surface area contributed by atoms with Crippen molar-refractivity contribution in [1.29, 1.82) is 0 Å². The van der Waals surface area contributed by atoms with Crippen LogP contribution < -0.4 is 0 Å². The van der Waals surface area contributed by atoms with E-state index in [1.807, 2.05) is 0 Å². The molecule has 0 N–H and O–H groups in total. The first kappa shape index (κ1) is 12.1. The minimum atomic E-state index is -0.563. The molecule has 0 saturated heterocycles. The highest BCUT2D eigenvalue weighted by atomic mass is 16.5. The SMILES string of the molecule is COC(=O)C(CCC(C)C)C(C)=O. The van der Waals surface area contributed by atoms with Crippen molar-refractivity contribution >= 4 is 11.8 Å². The molecule has 0 aromatic carbocycles. The first-order valence-electron chi connectivity index (χ1n) is 4.57. The molecule has 0 radical (unpaired) electrons. The van der Waals surface area contributed by atoms with E-state index in [1.165, 1.54) is 14.0 Å². The van der Waals surface area contributed by atoms with E-state index in [0.717, 1.165) is 6.42 Å². The molecule has 0 aliphatic heterocycles. The van der Waals surface area contributed by atoms with Crippen LogP contribution in [-0.2, 0) is 14.3 Å². The summed E-state index contributed by atoms with van der Waals surface area (Å²) in [4.78, 5) is 22.2. The van der Waals surface area contributed by atoms with Gasteiger partial charge < -0.3 is 4.74 Å². The van der Waals surface area contributed by atoms with Gasteiger partial charge in [0.15, 0.2) is 0 Å². The highest BCUT2D eigenvalue weighted by molar-refractivity contribution is 5.97. The van der Waals surface area contributed by atoms with Crippen LogP contribution in [0.3, 0.4) is 0 Å². The Morgan fingerprint density at radius 2 is 1.77 bits per heavy atom. The molecule has 0 amide bonds. The van der Waals surface area contributed by atoms with Crippen molar-refractivity contribution in [3.8, 4) is 0 Å². The normalized spacial score (nSPS) is 12.7. The van der Waals surface area contributed by atoms with Crippen molar-refractivity contribution in [2.45, 2.75) is 33.6 Å². The number of Topliss-reactive ketones (excluding diaryl/α,β-unsaturated/α-hetero) is 1. The number of carbonyl (C=O) groups is 2. The lowest BCUT2D eigenvalue weighted by atomic mass is 9.95. The molecule has 0 fully saturated rings. The lowest BCUT2D eigenvalue weighted by Crippen LogP contribution is -2.23. The van der Waals surface area contributed by atoms with E-state index in [4.69, 9.17) is 0 Å². The maximum atomic E-state index is 11.1. The number of hydrogen-bond donors (Lipinski definition) is 0. The van der Waals surface area contributed by atoms with Crippen LogP contribution in [0.5, 0.6) is 0 Å². The van der Waals surface area contributed by atoms with Gasteiger partial charge >= 0.3 is 5.97 Å². The van der Waals surface area contributed by atoms with E-state index in [0.29, 0.717) is 12.3 Å². The van der Waals surface area contributed by atoms with Crippen LogP contribution in [0, 0.1) is 11.8 Å². The number of hydrogen-bond acceptors (Lipinski definition) is 3. The molecule has 0 saturated carbocycles. The van der Waals surface area contributed by atoms with Gasteiger partial charge in [0, 0.05) is 0 Å². The summed E-state index contributed by atoms with van der Waals surface area (Å²) in [6.07, 6.45) is 1.47. The Balaban J connectivity index is 4.11. The number of ketones is 1.